The van der Waals surface area contributed by atoms with Crippen LogP contribution in [0.25, 0.3) is 11.4 Å². The first-order valence-corrected chi connectivity index (χ1v) is 8.70. The van der Waals surface area contributed by atoms with E-state index in [1.54, 1.807) is 18.3 Å². The van der Waals surface area contributed by atoms with E-state index in [9.17, 15) is 9.18 Å². The summed E-state index contributed by atoms with van der Waals surface area (Å²) in [4.78, 5) is 23.6. The van der Waals surface area contributed by atoms with Gasteiger partial charge < -0.3 is 10.2 Å². The maximum atomic E-state index is 13.1. The highest BCUT2D eigenvalue weighted by Crippen LogP contribution is 2.25. The summed E-state index contributed by atoms with van der Waals surface area (Å²) in [5.74, 6) is 1.09. The number of nitrogens with one attached hydrogen (secondary N) is 1. The zero-order chi connectivity index (χ0) is 17.8. The molecule has 3 rings (SSSR count). The van der Waals surface area contributed by atoms with E-state index in [1.165, 1.54) is 12.1 Å². The van der Waals surface area contributed by atoms with Crippen LogP contribution in [0.4, 0.5) is 10.2 Å². The van der Waals surface area contributed by atoms with Crippen LogP contribution in [0.1, 0.15) is 37.0 Å². The number of rotatable bonds is 5. The highest BCUT2D eigenvalue weighted by molar-refractivity contribution is 5.99. The minimum Gasteiger partial charge on any atom is -0.356 e. The predicted octanol–water partition coefficient (Wildman–Crippen LogP) is 3.27. The molecule has 1 N–H and O–H groups in total. The lowest BCUT2D eigenvalue weighted by Crippen LogP contribution is -2.30. The Morgan fingerprint density at radius 1 is 1.24 bits per heavy atom. The van der Waals surface area contributed by atoms with Gasteiger partial charge in [-0.2, -0.15) is 0 Å². The van der Waals surface area contributed by atoms with Crippen molar-refractivity contribution in [3.05, 3.63) is 41.8 Å². The highest BCUT2D eigenvalue weighted by Gasteiger charge is 2.22. The Kier molecular flexibility index (Phi) is 5.26. The molecule has 0 radical (unpaired) electrons. The van der Waals surface area contributed by atoms with Crippen molar-refractivity contribution in [1.29, 1.82) is 0 Å². The van der Waals surface area contributed by atoms with E-state index in [4.69, 9.17) is 0 Å². The average Bonchev–Trinajstić information content (AvgIpc) is 3.14. The quantitative estimate of drug-likeness (QED) is 0.906. The number of benzene rings is 1. The number of carbonyl (C=O) groups excluding carboxylic acids is 1. The van der Waals surface area contributed by atoms with E-state index in [0.29, 0.717) is 29.7 Å². The first-order chi connectivity index (χ1) is 12.0. The van der Waals surface area contributed by atoms with Gasteiger partial charge in [0.2, 0.25) is 0 Å². The van der Waals surface area contributed by atoms with Gasteiger partial charge in [-0.1, -0.05) is 13.8 Å². The summed E-state index contributed by atoms with van der Waals surface area (Å²) in [5.41, 5.74) is 1.23. The summed E-state index contributed by atoms with van der Waals surface area (Å²) in [6, 6.07) is 6.07. The molecule has 1 amide bonds. The lowest BCUT2D eigenvalue weighted by Gasteiger charge is -2.20. The van der Waals surface area contributed by atoms with Crippen LogP contribution in [0, 0.1) is 11.7 Å². The van der Waals surface area contributed by atoms with E-state index in [-0.39, 0.29) is 11.7 Å². The molecule has 132 valence electrons. The lowest BCUT2D eigenvalue weighted by atomic mass is 10.2. The van der Waals surface area contributed by atoms with Gasteiger partial charge in [0, 0.05) is 31.4 Å². The van der Waals surface area contributed by atoms with Crippen LogP contribution >= 0.6 is 0 Å². The second-order valence-electron chi connectivity index (χ2n) is 6.74. The van der Waals surface area contributed by atoms with Gasteiger partial charge in [0.05, 0.1) is 0 Å². The molecule has 25 heavy (non-hydrogen) atoms. The van der Waals surface area contributed by atoms with Gasteiger partial charge in [0.1, 0.15) is 17.2 Å². The molecule has 0 saturated carbocycles. The number of anilines is 1. The van der Waals surface area contributed by atoms with Gasteiger partial charge in [0.25, 0.3) is 5.91 Å². The van der Waals surface area contributed by atoms with E-state index in [1.807, 2.05) is 0 Å². The fourth-order valence-corrected chi connectivity index (χ4v) is 2.83. The standard InChI is InChI=1S/C19H23FN4O/c1-13(2)11-22-19(25)16-12-21-17(14-5-7-15(20)8-6-14)23-18(16)24-9-3-4-10-24/h5-8,12-13H,3-4,9-11H2,1-2H3,(H,22,25). The zero-order valence-electron chi connectivity index (χ0n) is 14.6. The molecule has 1 aliphatic rings. The van der Waals surface area contributed by atoms with Crippen molar-refractivity contribution in [3.8, 4) is 11.4 Å². The summed E-state index contributed by atoms with van der Waals surface area (Å²) < 4.78 is 13.1. The minimum atomic E-state index is -0.298. The Morgan fingerprint density at radius 3 is 2.56 bits per heavy atom. The molecule has 1 saturated heterocycles. The first kappa shape index (κ1) is 17.3. The van der Waals surface area contributed by atoms with Crippen molar-refractivity contribution < 1.29 is 9.18 Å². The molecule has 1 fully saturated rings. The molecule has 1 aromatic heterocycles. The van der Waals surface area contributed by atoms with E-state index < -0.39 is 0 Å². The molecule has 1 aromatic carbocycles. The van der Waals surface area contributed by atoms with Gasteiger partial charge in [-0.15, -0.1) is 0 Å². The van der Waals surface area contributed by atoms with E-state index in [2.05, 4.69) is 34.0 Å². The normalized spacial score (nSPS) is 14.2. The van der Waals surface area contributed by atoms with Crippen molar-refractivity contribution in [3.63, 3.8) is 0 Å². The SMILES string of the molecule is CC(C)CNC(=O)c1cnc(-c2ccc(F)cc2)nc1N1CCCC1. The molecular weight excluding hydrogens is 319 g/mol. The number of halogens is 1. The minimum absolute atomic E-state index is 0.152. The third-order valence-electron chi connectivity index (χ3n) is 4.19. The summed E-state index contributed by atoms with van der Waals surface area (Å²) >= 11 is 0. The van der Waals surface area contributed by atoms with Crippen LogP contribution in [-0.2, 0) is 0 Å². The first-order valence-electron chi connectivity index (χ1n) is 8.70. The van der Waals surface area contributed by atoms with E-state index in [0.717, 1.165) is 31.5 Å². The van der Waals surface area contributed by atoms with Crippen molar-refractivity contribution in [2.75, 3.05) is 24.5 Å². The Hall–Kier alpha value is -2.50. The molecule has 0 atom stereocenters. The second-order valence-corrected chi connectivity index (χ2v) is 6.74. The highest BCUT2D eigenvalue weighted by atomic mass is 19.1. The Balaban J connectivity index is 1.94. The molecule has 0 aliphatic carbocycles. The van der Waals surface area contributed by atoms with Gasteiger partial charge in [-0.05, 0) is 43.0 Å². The fraction of sp³-hybridized carbons (Fsp3) is 0.421. The third-order valence-corrected chi connectivity index (χ3v) is 4.19. The van der Waals surface area contributed by atoms with Crippen LogP contribution < -0.4 is 10.2 Å². The summed E-state index contributed by atoms with van der Waals surface area (Å²) in [6.45, 7) is 6.47. The van der Waals surface area contributed by atoms with Crippen LogP contribution in [0.5, 0.6) is 0 Å². The van der Waals surface area contributed by atoms with Crippen LogP contribution in [0.3, 0.4) is 0 Å². The molecule has 6 heteroatoms. The smallest absolute Gasteiger partial charge is 0.256 e. The average molecular weight is 342 g/mol. The topological polar surface area (TPSA) is 58.1 Å². The van der Waals surface area contributed by atoms with Gasteiger partial charge >= 0.3 is 0 Å². The summed E-state index contributed by atoms with van der Waals surface area (Å²) in [5, 5.41) is 2.93. The number of hydrogen-bond donors (Lipinski definition) is 1. The molecule has 0 unspecified atom stereocenters. The maximum Gasteiger partial charge on any atom is 0.256 e. The number of carbonyl (C=O) groups is 1. The molecule has 0 spiro atoms. The number of aromatic nitrogens is 2. The maximum absolute atomic E-state index is 13.1. The fourth-order valence-electron chi connectivity index (χ4n) is 2.83. The van der Waals surface area contributed by atoms with Crippen molar-refractivity contribution >= 4 is 11.7 Å². The molecule has 2 heterocycles. The predicted molar refractivity (Wildman–Crippen MR) is 96.0 cm³/mol. The van der Waals surface area contributed by atoms with Crippen molar-refractivity contribution in [2.24, 2.45) is 5.92 Å². The van der Waals surface area contributed by atoms with Gasteiger partial charge in [-0.3, -0.25) is 4.79 Å². The number of nitrogens with zero attached hydrogens (tertiary/aromatic N) is 3. The molecule has 0 bridgehead atoms. The lowest BCUT2D eigenvalue weighted by molar-refractivity contribution is 0.0949. The van der Waals surface area contributed by atoms with Crippen molar-refractivity contribution in [1.82, 2.24) is 15.3 Å². The molecular formula is C19H23FN4O. The van der Waals surface area contributed by atoms with Gasteiger partial charge in [0.15, 0.2) is 5.82 Å². The van der Waals surface area contributed by atoms with E-state index >= 15 is 0 Å². The second kappa shape index (κ2) is 7.59. The Morgan fingerprint density at radius 2 is 1.92 bits per heavy atom. The van der Waals surface area contributed by atoms with Gasteiger partial charge in [-0.25, -0.2) is 14.4 Å². The van der Waals surface area contributed by atoms with Crippen LogP contribution in [0.15, 0.2) is 30.5 Å². The molecule has 1 aliphatic heterocycles. The number of hydrogen-bond acceptors (Lipinski definition) is 4. The van der Waals surface area contributed by atoms with Crippen LogP contribution in [-0.4, -0.2) is 35.5 Å². The Bertz CT molecular complexity index is 740. The largest absolute Gasteiger partial charge is 0.356 e. The summed E-state index contributed by atoms with van der Waals surface area (Å²) in [7, 11) is 0. The van der Waals surface area contributed by atoms with Crippen LogP contribution in [0.2, 0.25) is 0 Å². The zero-order valence-corrected chi connectivity index (χ0v) is 14.6. The third kappa shape index (κ3) is 4.13. The summed E-state index contributed by atoms with van der Waals surface area (Å²) in [6.07, 6.45) is 3.75. The van der Waals surface area contributed by atoms with Crippen molar-refractivity contribution in [2.45, 2.75) is 26.7 Å². The molecule has 2 aromatic rings. The molecule has 5 nitrogen and oxygen atoms in total. The monoisotopic (exact) mass is 342 g/mol. The number of amides is 1. The Labute approximate surface area is 147 Å².